The summed E-state index contributed by atoms with van der Waals surface area (Å²) in [6.07, 6.45) is 4.77. The van der Waals surface area contributed by atoms with E-state index in [-0.39, 0.29) is 18.0 Å². The zero-order chi connectivity index (χ0) is 12.8. The van der Waals surface area contributed by atoms with E-state index >= 15 is 0 Å². The minimum Gasteiger partial charge on any atom is -0.458 e. The molecule has 3 nitrogen and oxygen atoms in total. The third kappa shape index (κ3) is 3.70. The van der Waals surface area contributed by atoms with Crippen molar-refractivity contribution < 1.29 is 14.3 Å². The van der Waals surface area contributed by atoms with Gasteiger partial charge in [0.1, 0.15) is 6.10 Å². The monoisotopic (exact) mass is 246 g/mol. The number of esters is 1. The lowest BCUT2D eigenvalue weighted by Crippen LogP contribution is -2.24. The maximum absolute atomic E-state index is 10.9. The Morgan fingerprint density at radius 2 is 2.11 bits per heavy atom. The molecule has 0 saturated heterocycles. The summed E-state index contributed by atoms with van der Waals surface area (Å²) in [5.74, 6) is 0.0113. The molecule has 0 bridgehead atoms. The Hall–Kier alpha value is -1.61. The number of hydrogen-bond donors (Lipinski definition) is 0. The van der Waals surface area contributed by atoms with E-state index in [1.165, 1.54) is 6.92 Å². The number of rotatable bonds is 5. The van der Waals surface area contributed by atoms with Gasteiger partial charge in [-0.3, -0.25) is 4.79 Å². The summed E-state index contributed by atoms with van der Waals surface area (Å²) in [4.78, 5) is 10.9. The summed E-state index contributed by atoms with van der Waals surface area (Å²) in [5, 5.41) is 0. The molecule has 0 radical (unpaired) electrons. The Balaban J connectivity index is 1.75. The molecule has 0 N–H and O–H groups in total. The van der Waals surface area contributed by atoms with Crippen LogP contribution in [0.3, 0.4) is 0 Å². The van der Waals surface area contributed by atoms with Gasteiger partial charge in [-0.2, -0.15) is 0 Å². The Labute approximate surface area is 107 Å². The van der Waals surface area contributed by atoms with Gasteiger partial charge in [0.2, 0.25) is 0 Å². The van der Waals surface area contributed by atoms with E-state index in [0.29, 0.717) is 13.2 Å². The molecular formula is C15H18O3. The van der Waals surface area contributed by atoms with Crippen LogP contribution in [0.15, 0.2) is 42.5 Å². The summed E-state index contributed by atoms with van der Waals surface area (Å²) in [6.45, 7) is 2.65. The molecule has 0 heterocycles. The maximum atomic E-state index is 10.9. The Morgan fingerprint density at radius 3 is 2.83 bits per heavy atom. The van der Waals surface area contributed by atoms with Crippen molar-refractivity contribution in [2.75, 3.05) is 6.61 Å². The van der Waals surface area contributed by atoms with Crippen molar-refractivity contribution in [2.45, 2.75) is 26.1 Å². The molecule has 96 valence electrons. The van der Waals surface area contributed by atoms with E-state index < -0.39 is 0 Å². The molecule has 18 heavy (non-hydrogen) atoms. The van der Waals surface area contributed by atoms with E-state index in [2.05, 4.69) is 0 Å². The van der Waals surface area contributed by atoms with Crippen LogP contribution in [0, 0.1) is 5.92 Å². The third-order valence-electron chi connectivity index (χ3n) is 2.97. The molecule has 0 spiro atoms. The van der Waals surface area contributed by atoms with Crippen molar-refractivity contribution in [3.8, 4) is 0 Å². The van der Waals surface area contributed by atoms with Gasteiger partial charge in [0, 0.05) is 12.8 Å². The van der Waals surface area contributed by atoms with E-state index in [1.807, 2.05) is 42.5 Å². The van der Waals surface area contributed by atoms with Crippen LogP contribution in [0.1, 0.15) is 18.9 Å². The number of benzene rings is 1. The standard InChI is InChI=1S/C15H18O3/c1-12(16)18-15-9-5-8-14(15)11-17-10-13-6-3-2-4-7-13/h2-7,9,14-15H,8,10-11H2,1H3/t14-,15+/m0/s1. The highest BCUT2D eigenvalue weighted by Crippen LogP contribution is 2.22. The van der Waals surface area contributed by atoms with E-state index in [4.69, 9.17) is 9.47 Å². The fourth-order valence-electron chi connectivity index (χ4n) is 2.07. The van der Waals surface area contributed by atoms with Gasteiger partial charge in [0.15, 0.2) is 0 Å². The van der Waals surface area contributed by atoms with Crippen LogP contribution in [0.2, 0.25) is 0 Å². The number of hydrogen-bond acceptors (Lipinski definition) is 3. The topological polar surface area (TPSA) is 35.5 Å². The molecule has 1 aliphatic rings. The lowest BCUT2D eigenvalue weighted by molar-refractivity contribution is -0.146. The molecular weight excluding hydrogens is 228 g/mol. The number of ether oxygens (including phenoxy) is 2. The van der Waals surface area contributed by atoms with Crippen molar-refractivity contribution in [1.82, 2.24) is 0 Å². The summed E-state index contributed by atoms with van der Waals surface area (Å²) >= 11 is 0. The van der Waals surface area contributed by atoms with Crippen LogP contribution >= 0.6 is 0 Å². The van der Waals surface area contributed by atoms with E-state index in [9.17, 15) is 4.79 Å². The molecule has 2 atom stereocenters. The summed E-state index contributed by atoms with van der Waals surface area (Å²) in [5.41, 5.74) is 1.16. The van der Waals surface area contributed by atoms with Gasteiger partial charge in [-0.25, -0.2) is 0 Å². The van der Waals surface area contributed by atoms with Gasteiger partial charge in [-0.15, -0.1) is 0 Å². The highest BCUT2D eigenvalue weighted by Gasteiger charge is 2.25. The largest absolute Gasteiger partial charge is 0.458 e. The van der Waals surface area contributed by atoms with Crippen molar-refractivity contribution >= 4 is 5.97 Å². The molecule has 0 fully saturated rings. The molecule has 2 rings (SSSR count). The van der Waals surface area contributed by atoms with Gasteiger partial charge >= 0.3 is 5.97 Å². The SMILES string of the molecule is CC(=O)O[C@@H]1C=CC[C@H]1COCc1ccccc1. The number of allylic oxidation sites excluding steroid dienone is 1. The quantitative estimate of drug-likeness (QED) is 0.592. The zero-order valence-corrected chi connectivity index (χ0v) is 10.5. The highest BCUT2D eigenvalue weighted by atomic mass is 16.5. The van der Waals surface area contributed by atoms with Crippen molar-refractivity contribution in [3.63, 3.8) is 0 Å². The number of carbonyl (C=O) groups excluding carboxylic acids is 1. The Kier molecular flexibility index (Phi) is 4.53. The normalized spacial score (nSPS) is 22.1. The minimum atomic E-state index is -0.236. The lowest BCUT2D eigenvalue weighted by atomic mass is 10.1. The van der Waals surface area contributed by atoms with Gasteiger partial charge in [-0.05, 0) is 18.1 Å². The van der Waals surface area contributed by atoms with Crippen molar-refractivity contribution in [1.29, 1.82) is 0 Å². The average molecular weight is 246 g/mol. The Bertz CT molecular complexity index is 411. The summed E-state index contributed by atoms with van der Waals surface area (Å²) in [7, 11) is 0. The smallest absolute Gasteiger partial charge is 0.303 e. The summed E-state index contributed by atoms with van der Waals surface area (Å²) < 4.78 is 10.9. The fraction of sp³-hybridized carbons (Fsp3) is 0.400. The molecule has 0 saturated carbocycles. The molecule has 0 amide bonds. The maximum Gasteiger partial charge on any atom is 0.303 e. The second-order valence-electron chi connectivity index (χ2n) is 4.50. The predicted octanol–water partition coefficient (Wildman–Crippen LogP) is 2.71. The molecule has 0 aliphatic heterocycles. The van der Waals surface area contributed by atoms with E-state index in [1.54, 1.807) is 0 Å². The molecule has 1 aliphatic carbocycles. The molecule has 1 aromatic carbocycles. The predicted molar refractivity (Wildman–Crippen MR) is 68.9 cm³/mol. The minimum absolute atomic E-state index is 0.127. The van der Waals surface area contributed by atoms with Gasteiger partial charge < -0.3 is 9.47 Å². The number of carbonyl (C=O) groups is 1. The fourth-order valence-corrected chi connectivity index (χ4v) is 2.07. The molecule has 0 unspecified atom stereocenters. The first-order valence-corrected chi connectivity index (χ1v) is 6.21. The molecule has 3 heteroatoms. The van der Waals surface area contributed by atoms with Crippen LogP contribution in [0.25, 0.3) is 0 Å². The van der Waals surface area contributed by atoms with E-state index in [0.717, 1.165) is 12.0 Å². The third-order valence-corrected chi connectivity index (χ3v) is 2.97. The van der Waals surface area contributed by atoms with Gasteiger partial charge in [0.25, 0.3) is 0 Å². The van der Waals surface area contributed by atoms with Crippen molar-refractivity contribution in [3.05, 3.63) is 48.0 Å². The van der Waals surface area contributed by atoms with Crippen LogP contribution in [-0.4, -0.2) is 18.7 Å². The van der Waals surface area contributed by atoms with Crippen LogP contribution in [-0.2, 0) is 20.9 Å². The van der Waals surface area contributed by atoms with Gasteiger partial charge in [0.05, 0.1) is 13.2 Å². The molecule has 0 aromatic heterocycles. The van der Waals surface area contributed by atoms with Gasteiger partial charge in [-0.1, -0.05) is 36.4 Å². The van der Waals surface area contributed by atoms with Crippen LogP contribution in [0.5, 0.6) is 0 Å². The lowest BCUT2D eigenvalue weighted by Gasteiger charge is -2.19. The second kappa shape index (κ2) is 6.36. The molecule has 1 aromatic rings. The van der Waals surface area contributed by atoms with Crippen LogP contribution in [0.4, 0.5) is 0 Å². The Morgan fingerprint density at radius 1 is 1.33 bits per heavy atom. The first kappa shape index (κ1) is 12.8. The average Bonchev–Trinajstić information content (AvgIpc) is 2.77. The van der Waals surface area contributed by atoms with Crippen LogP contribution < -0.4 is 0 Å². The van der Waals surface area contributed by atoms with Crippen molar-refractivity contribution in [2.24, 2.45) is 5.92 Å². The first-order chi connectivity index (χ1) is 8.75. The highest BCUT2D eigenvalue weighted by molar-refractivity contribution is 5.66. The zero-order valence-electron chi connectivity index (χ0n) is 10.5. The first-order valence-electron chi connectivity index (χ1n) is 6.21. The summed E-state index contributed by atoms with van der Waals surface area (Å²) in [6, 6.07) is 10.1. The second-order valence-corrected chi connectivity index (χ2v) is 4.50.